The molecule has 1 aliphatic carbocycles. The monoisotopic (exact) mass is 390 g/mol. The number of likely N-dealkylation sites (N-methyl/N-ethyl adjacent to an activating group) is 1. The van der Waals surface area contributed by atoms with Crippen molar-refractivity contribution in [1.82, 2.24) is 10.2 Å². The average molecular weight is 390 g/mol. The third-order valence-corrected chi connectivity index (χ3v) is 5.59. The molecule has 9 heteroatoms. The van der Waals surface area contributed by atoms with Gasteiger partial charge in [0.05, 0.1) is 11.5 Å². The van der Waals surface area contributed by atoms with E-state index in [1.54, 1.807) is 12.1 Å². The van der Waals surface area contributed by atoms with Crippen LogP contribution in [0.25, 0.3) is 0 Å². The van der Waals surface area contributed by atoms with Crippen LogP contribution >= 0.6 is 0 Å². The largest absolute Gasteiger partial charge is 0.480 e. The Hall–Kier alpha value is -2.68. The summed E-state index contributed by atoms with van der Waals surface area (Å²) in [5.41, 5.74) is 0.797. The van der Waals surface area contributed by atoms with Crippen molar-refractivity contribution >= 4 is 23.3 Å². The van der Waals surface area contributed by atoms with Crippen molar-refractivity contribution in [3.63, 3.8) is 0 Å². The molecular formula is C19H26N4O5. The number of hydrogen-bond donors (Lipinski definition) is 2. The number of rotatable bonds is 8. The zero-order chi connectivity index (χ0) is 20.3. The van der Waals surface area contributed by atoms with Gasteiger partial charge in [-0.15, -0.1) is 0 Å². The van der Waals surface area contributed by atoms with Crippen molar-refractivity contribution in [2.75, 3.05) is 31.1 Å². The van der Waals surface area contributed by atoms with Crippen LogP contribution in [0.15, 0.2) is 18.2 Å². The van der Waals surface area contributed by atoms with E-state index in [1.165, 1.54) is 6.07 Å². The van der Waals surface area contributed by atoms with Crippen LogP contribution in [-0.4, -0.2) is 65.1 Å². The van der Waals surface area contributed by atoms with Gasteiger partial charge in [-0.2, -0.15) is 0 Å². The van der Waals surface area contributed by atoms with Crippen LogP contribution in [0.1, 0.15) is 43.0 Å². The van der Waals surface area contributed by atoms with E-state index in [9.17, 15) is 19.7 Å². The first-order chi connectivity index (χ1) is 13.4. The van der Waals surface area contributed by atoms with Crippen molar-refractivity contribution in [1.29, 1.82) is 0 Å². The van der Waals surface area contributed by atoms with Crippen LogP contribution in [0.5, 0.6) is 0 Å². The first-order valence-corrected chi connectivity index (χ1v) is 9.69. The smallest absolute Gasteiger partial charge is 0.317 e. The lowest BCUT2D eigenvalue weighted by Crippen LogP contribution is -2.54. The van der Waals surface area contributed by atoms with Crippen LogP contribution in [0, 0.1) is 10.1 Å². The topological polar surface area (TPSA) is 116 Å². The third kappa shape index (κ3) is 4.41. The lowest BCUT2D eigenvalue weighted by molar-refractivity contribution is -0.384. The second-order valence-corrected chi connectivity index (χ2v) is 7.41. The molecule has 0 atom stereocenters. The van der Waals surface area contributed by atoms with Crippen LogP contribution in [0.2, 0.25) is 0 Å². The number of anilines is 1. The van der Waals surface area contributed by atoms with Gasteiger partial charge in [0.15, 0.2) is 0 Å². The van der Waals surface area contributed by atoms with Gasteiger partial charge in [-0.1, -0.05) is 6.92 Å². The van der Waals surface area contributed by atoms with Crippen LogP contribution in [0.4, 0.5) is 11.4 Å². The number of amides is 1. The Morgan fingerprint density at radius 3 is 2.57 bits per heavy atom. The molecule has 1 saturated carbocycles. The van der Waals surface area contributed by atoms with E-state index in [2.05, 4.69) is 5.32 Å². The Morgan fingerprint density at radius 2 is 2.00 bits per heavy atom. The molecule has 1 heterocycles. The molecule has 0 unspecified atom stereocenters. The normalized spacial score (nSPS) is 21.4. The number of benzene rings is 1. The van der Waals surface area contributed by atoms with Crippen molar-refractivity contribution in [3.05, 3.63) is 33.9 Å². The van der Waals surface area contributed by atoms with Gasteiger partial charge in [0.25, 0.3) is 11.6 Å². The number of hydrogen-bond acceptors (Lipinski definition) is 6. The van der Waals surface area contributed by atoms with E-state index >= 15 is 0 Å². The summed E-state index contributed by atoms with van der Waals surface area (Å²) in [6.07, 6.45) is 3.39. The van der Waals surface area contributed by atoms with E-state index in [-0.39, 0.29) is 35.8 Å². The number of carbonyl (C=O) groups excluding carboxylic acids is 1. The average Bonchev–Trinajstić information content (AvgIpc) is 3.16. The number of nitro groups is 1. The highest BCUT2D eigenvalue weighted by Gasteiger charge is 2.35. The van der Waals surface area contributed by atoms with Gasteiger partial charge >= 0.3 is 5.97 Å². The van der Waals surface area contributed by atoms with E-state index in [0.29, 0.717) is 25.1 Å². The number of nitrogens with one attached hydrogen (secondary N) is 1. The molecule has 3 rings (SSSR count). The first kappa shape index (κ1) is 20.1. The highest BCUT2D eigenvalue weighted by atomic mass is 16.6. The zero-order valence-corrected chi connectivity index (χ0v) is 16.0. The van der Waals surface area contributed by atoms with Crippen molar-refractivity contribution in [3.8, 4) is 0 Å². The van der Waals surface area contributed by atoms with Gasteiger partial charge in [0.2, 0.25) is 0 Å². The minimum absolute atomic E-state index is 0.00795. The highest BCUT2D eigenvalue weighted by molar-refractivity contribution is 5.96. The maximum absolute atomic E-state index is 12.5. The van der Waals surface area contributed by atoms with Crippen molar-refractivity contribution < 1.29 is 19.6 Å². The summed E-state index contributed by atoms with van der Waals surface area (Å²) in [5, 5.41) is 23.3. The molecule has 1 saturated heterocycles. The van der Waals surface area contributed by atoms with Crippen LogP contribution < -0.4 is 10.2 Å². The Labute approximate surface area is 163 Å². The fraction of sp³-hybridized carbons (Fsp3) is 0.579. The molecule has 2 N–H and O–H groups in total. The molecule has 1 aromatic rings. The second-order valence-electron chi connectivity index (χ2n) is 7.41. The lowest BCUT2D eigenvalue weighted by Gasteiger charge is -2.42. The molecule has 0 radical (unpaired) electrons. The first-order valence-electron chi connectivity index (χ1n) is 9.69. The number of aliphatic carboxylic acids is 1. The van der Waals surface area contributed by atoms with Crippen LogP contribution in [-0.2, 0) is 4.79 Å². The number of carboxylic acid groups (broad SMARTS) is 1. The van der Waals surface area contributed by atoms with Gasteiger partial charge in [-0.3, -0.25) is 24.6 Å². The Kier molecular flexibility index (Phi) is 6.13. The molecule has 0 spiro atoms. The third-order valence-electron chi connectivity index (χ3n) is 5.59. The Balaban J connectivity index is 1.61. The maximum atomic E-state index is 12.5. The SMILES string of the molecule is CCN(CC(=O)O)C1CC(NC(=O)c2ccc(N3CCCC3)c([N+](=O)[O-])c2)C1. The summed E-state index contributed by atoms with van der Waals surface area (Å²) in [6, 6.07) is 4.74. The molecule has 0 bridgehead atoms. The van der Waals surface area contributed by atoms with E-state index in [0.717, 1.165) is 25.9 Å². The van der Waals surface area contributed by atoms with Gasteiger partial charge in [0, 0.05) is 36.8 Å². The molecular weight excluding hydrogens is 364 g/mol. The molecule has 2 aliphatic rings. The van der Waals surface area contributed by atoms with Crippen LogP contribution in [0.3, 0.4) is 0 Å². The Morgan fingerprint density at radius 1 is 1.32 bits per heavy atom. The predicted octanol–water partition coefficient (Wildman–Crippen LogP) is 1.86. The van der Waals surface area contributed by atoms with E-state index < -0.39 is 10.9 Å². The fourth-order valence-corrected chi connectivity index (χ4v) is 3.98. The number of nitro benzene ring substituents is 1. The van der Waals surface area contributed by atoms with Gasteiger partial charge in [0.1, 0.15) is 5.69 Å². The van der Waals surface area contributed by atoms with Gasteiger partial charge in [-0.25, -0.2) is 0 Å². The molecule has 0 aromatic heterocycles. The number of carbonyl (C=O) groups is 2. The van der Waals surface area contributed by atoms with Gasteiger partial charge in [-0.05, 0) is 44.4 Å². The second kappa shape index (κ2) is 8.55. The van der Waals surface area contributed by atoms with E-state index in [1.807, 2.05) is 16.7 Å². The summed E-state index contributed by atoms with van der Waals surface area (Å²) >= 11 is 0. The number of nitrogens with zero attached hydrogens (tertiary/aromatic N) is 3. The van der Waals surface area contributed by atoms with E-state index in [4.69, 9.17) is 5.11 Å². The molecule has 1 amide bonds. The lowest BCUT2D eigenvalue weighted by atomic mass is 9.85. The summed E-state index contributed by atoms with van der Waals surface area (Å²) in [6.45, 7) is 4.13. The maximum Gasteiger partial charge on any atom is 0.317 e. The summed E-state index contributed by atoms with van der Waals surface area (Å²) in [7, 11) is 0. The minimum Gasteiger partial charge on any atom is -0.480 e. The Bertz CT molecular complexity index is 757. The molecule has 9 nitrogen and oxygen atoms in total. The standard InChI is InChI=1S/C19H26N4O5/c1-2-21(12-18(24)25)15-10-14(11-15)20-19(26)13-5-6-16(17(9-13)23(27)28)22-7-3-4-8-22/h5-6,9,14-15H,2-4,7-8,10-12H2,1H3,(H,20,26)(H,24,25). The molecule has 152 valence electrons. The summed E-state index contributed by atoms with van der Waals surface area (Å²) < 4.78 is 0. The quantitative estimate of drug-likeness (QED) is 0.514. The molecule has 2 fully saturated rings. The summed E-state index contributed by atoms with van der Waals surface area (Å²) in [4.78, 5) is 38.3. The van der Waals surface area contributed by atoms with Gasteiger partial charge < -0.3 is 15.3 Å². The van der Waals surface area contributed by atoms with Crippen molar-refractivity contribution in [2.24, 2.45) is 0 Å². The fourth-order valence-electron chi connectivity index (χ4n) is 3.98. The highest BCUT2D eigenvalue weighted by Crippen LogP contribution is 2.32. The predicted molar refractivity (Wildman–Crippen MR) is 104 cm³/mol. The minimum atomic E-state index is -0.861. The molecule has 28 heavy (non-hydrogen) atoms. The number of carboxylic acids is 1. The van der Waals surface area contributed by atoms with Crippen molar-refractivity contribution in [2.45, 2.75) is 44.7 Å². The summed E-state index contributed by atoms with van der Waals surface area (Å²) in [5.74, 6) is -1.19. The zero-order valence-electron chi connectivity index (χ0n) is 16.0. The molecule has 1 aromatic carbocycles. The molecule has 1 aliphatic heterocycles.